The van der Waals surface area contributed by atoms with Gasteiger partial charge in [0, 0.05) is 36.7 Å². The Morgan fingerprint density at radius 1 is 0.912 bits per heavy atom. The summed E-state index contributed by atoms with van der Waals surface area (Å²) in [6.45, 7) is 1.74. The van der Waals surface area contributed by atoms with Crippen LogP contribution in [0.5, 0.6) is 0 Å². The molecule has 1 saturated heterocycles. The predicted molar refractivity (Wildman–Crippen MR) is 132 cm³/mol. The summed E-state index contributed by atoms with van der Waals surface area (Å²) in [4.78, 5) is 4.87. The molecule has 1 atom stereocenters. The van der Waals surface area contributed by atoms with Gasteiger partial charge in [-0.25, -0.2) is 0 Å². The molecule has 34 heavy (non-hydrogen) atoms. The smallest absolute Gasteiger partial charge is 0.249 e. The van der Waals surface area contributed by atoms with Crippen LogP contribution >= 0.6 is 10.6 Å². The molecule has 2 aromatic heterocycles. The van der Waals surface area contributed by atoms with Gasteiger partial charge in [0.25, 0.3) is 0 Å². The second-order valence-corrected chi connectivity index (χ2v) is 10.5. The number of hydrogen-bond acceptors (Lipinski definition) is 8. The fraction of sp³-hybridized carbons (Fsp3) is 0.240. The van der Waals surface area contributed by atoms with Crippen LogP contribution in [0.1, 0.15) is 12.0 Å². The number of hydrogen-bond donors (Lipinski definition) is 3. The minimum absolute atomic E-state index is 0.255. The van der Waals surface area contributed by atoms with Gasteiger partial charge in [-0.15, -0.1) is 10.2 Å². The summed E-state index contributed by atoms with van der Waals surface area (Å²) < 4.78 is 32.6. The van der Waals surface area contributed by atoms with Crippen molar-refractivity contribution in [2.45, 2.75) is 23.1 Å². The summed E-state index contributed by atoms with van der Waals surface area (Å²) >= 11 is 0. The van der Waals surface area contributed by atoms with Crippen LogP contribution in [0.2, 0.25) is 0 Å². The topological polar surface area (TPSA) is 114 Å². The van der Waals surface area contributed by atoms with Crippen LogP contribution in [0.3, 0.4) is 0 Å². The molecule has 3 N–H and O–H groups in total. The van der Waals surface area contributed by atoms with Crippen LogP contribution in [-0.4, -0.2) is 49.8 Å². The molecule has 176 valence electrons. The average Bonchev–Trinajstić information content (AvgIpc) is 3.58. The van der Waals surface area contributed by atoms with E-state index in [9.17, 15) is 9.11 Å². The Morgan fingerprint density at radius 3 is 2.26 bits per heavy atom. The largest absolute Gasteiger partial charge is 0.416 e. The lowest BCUT2D eigenvalue weighted by molar-refractivity contribution is 0.197. The van der Waals surface area contributed by atoms with Gasteiger partial charge >= 0.3 is 0 Å². The summed E-state index contributed by atoms with van der Waals surface area (Å²) in [6.07, 6.45) is 4.09. The van der Waals surface area contributed by atoms with Crippen LogP contribution in [0, 0.1) is 0 Å². The first-order valence-corrected chi connectivity index (χ1v) is 12.6. The zero-order valence-corrected chi connectivity index (χ0v) is 19.5. The minimum atomic E-state index is -2.90. The molecular formula is C25H26N4O4S. The van der Waals surface area contributed by atoms with E-state index in [1.807, 2.05) is 49.5 Å². The van der Waals surface area contributed by atoms with Crippen LogP contribution in [0.25, 0.3) is 34.0 Å². The van der Waals surface area contributed by atoms with E-state index in [0.29, 0.717) is 41.9 Å². The molecular weight excluding hydrogens is 452 g/mol. The van der Waals surface area contributed by atoms with E-state index in [1.165, 1.54) is 5.56 Å². The van der Waals surface area contributed by atoms with Crippen molar-refractivity contribution in [1.29, 1.82) is 0 Å². The van der Waals surface area contributed by atoms with Gasteiger partial charge in [0.2, 0.25) is 11.8 Å². The number of nitrogens with one attached hydrogen (secondary N) is 1. The fourth-order valence-electron chi connectivity index (χ4n) is 3.95. The summed E-state index contributed by atoms with van der Waals surface area (Å²) in [5.41, 5.74) is 4.49. The third-order valence-electron chi connectivity index (χ3n) is 5.88. The zero-order chi connectivity index (χ0) is 23.5. The summed E-state index contributed by atoms with van der Waals surface area (Å²) in [6, 6.07) is 17.2. The van der Waals surface area contributed by atoms with Gasteiger partial charge in [0.05, 0.1) is 22.3 Å². The van der Waals surface area contributed by atoms with Gasteiger partial charge in [-0.3, -0.25) is 14.1 Å². The van der Waals surface area contributed by atoms with Gasteiger partial charge < -0.3 is 14.5 Å². The molecule has 9 heteroatoms. The third kappa shape index (κ3) is 4.61. The summed E-state index contributed by atoms with van der Waals surface area (Å²) in [5, 5.41) is 11.3. The van der Waals surface area contributed by atoms with Crippen molar-refractivity contribution in [3.05, 3.63) is 72.6 Å². The molecule has 2 aromatic carbocycles. The SMILES string of the molecule is CNCc1ccc(-c2nnc(-c3cncc(-c4ccc(S(O)(O)C5CCOC5)cc4)c3)o2)cc1. The molecule has 3 heterocycles. The minimum Gasteiger partial charge on any atom is -0.416 e. The van der Waals surface area contributed by atoms with Crippen molar-refractivity contribution >= 4 is 10.6 Å². The van der Waals surface area contributed by atoms with Gasteiger partial charge in [0.1, 0.15) is 0 Å². The van der Waals surface area contributed by atoms with Crippen LogP contribution in [0.4, 0.5) is 0 Å². The monoisotopic (exact) mass is 478 g/mol. The molecule has 1 aliphatic heterocycles. The standard InChI is InChI=1S/C25H26N4O4S/c1-26-13-17-2-4-19(5-3-17)24-28-29-25(33-24)21-12-20(14-27-15-21)18-6-8-22(9-7-18)34(30,31)23-10-11-32-16-23/h2-9,12,14-15,23,26,30-31H,10-11,13,16H2,1H3. The van der Waals surface area contributed by atoms with Crippen molar-refractivity contribution in [3.8, 4) is 34.0 Å². The maximum Gasteiger partial charge on any atom is 0.249 e. The highest BCUT2D eigenvalue weighted by Gasteiger charge is 2.31. The highest BCUT2D eigenvalue weighted by molar-refractivity contribution is 8.24. The molecule has 0 bridgehead atoms. The van der Waals surface area contributed by atoms with Gasteiger partial charge in [0.15, 0.2) is 0 Å². The lowest BCUT2D eigenvalue weighted by atomic mass is 10.1. The van der Waals surface area contributed by atoms with Crippen LogP contribution in [-0.2, 0) is 11.3 Å². The van der Waals surface area contributed by atoms with Crippen molar-refractivity contribution in [2.24, 2.45) is 0 Å². The molecule has 0 aliphatic carbocycles. The normalized spacial score (nSPS) is 16.6. The molecule has 1 unspecified atom stereocenters. The lowest BCUT2D eigenvalue weighted by Gasteiger charge is -2.37. The Hall–Kier alpha value is -3.08. The van der Waals surface area contributed by atoms with E-state index in [2.05, 4.69) is 20.5 Å². The fourth-order valence-corrected chi connectivity index (χ4v) is 5.59. The summed E-state index contributed by atoms with van der Waals surface area (Å²) in [5.74, 6) is 0.831. The predicted octanol–water partition coefficient (Wildman–Crippen LogP) is 5.08. The molecule has 0 spiro atoms. The Morgan fingerprint density at radius 2 is 1.59 bits per heavy atom. The lowest BCUT2D eigenvalue weighted by Crippen LogP contribution is -2.17. The first kappa shape index (κ1) is 22.7. The number of benzene rings is 2. The molecule has 0 saturated carbocycles. The molecule has 0 radical (unpaired) electrons. The van der Waals surface area contributed by atoms with E-state index < -0.39 is 10.6 Å². The molecule has 1 aliphatic rings. The zero-order valence-electron chi connectivity index (χ0n) is 18.7. The van der Waals surface area contributed by atoms with Crippen molar-refractivity contribution in [2.75, 3.05) is 20.3 Å². The van der Waals surface area contributed by atoms with Gasteiger partial charge in [-0.1, -0.05) is 24.3 Å². The third-order valence-corrected chi connectivity index (χ3v) is 8.15. The Labute approximate surface area is 199 Å². The number of pyridine rings is 1. The second kappa shape index (κ2) is 9.65. The molecule has 1 fully saturated rings. The molecule has 5 rings (SSSR count). The van der Waals surface area contributed by atoms with Crippen molar-refractivity contribution in [3.63, 3.8) is 0 Å². The Balaban J connectivity index is 1.36. The highest BCUT2D eigenvalue weighted by Crippen LogP contribution is 2.55. The van der Waals surface area contributed by atoms with E-state index in [1.54, 1.807) is 24.5 Å². The number of aromatic nitrogens is 3. The van der Waals surface area contributed by atoms with Crippen molar-refractivity contribution < 1.29 is 18.3 Å². The van der Waals surface area contributed by atoms with E-state index in [4.69, 9.17) is 9.15 Å². The van der Waals surface area contributed by atoms with E-state index >= 15 is 0 Å². The number of nitrogens with zero attached hydrogens (tertiary/aromatic N) is 3. The van der Waals surface area contributed by atoms with Gasteiger partial charge in [-0.2, -0.15) is 10.6 Å². The highest BCUT2D eigenvalue weighted by atomic mass is 32.3. The number of rotatable bonds is 7. The molecule has 0 amide bonds. The van der Waals surface area contributed by atoms with Crippen LogP contribution in [0.15, 0.2) is 76.3 Å². The summed E-state index contributed by atoms with van der Waals surface area (Å²) in [7, 11) is -0.985. The van der Waals surface area contributed by atoms with E-state index in [0.717, 1.165) is 23.2 Å². The van der Waals surface area contributed by atoms with E-state index in [-0.39, 0.29) is 5.25 Å². The quantitative estimate of drug-likeness (QED) is 0.337. The van der Waals surface area contributed by atoms with Gasteiger partial charge in [-0.05, 0) is 54.9 Å². The molecule has 4 aromatic rings. The first-order valence-electron chi connectivity index (χ1n) is 11.0. The number of ether oxygens (including phenoxy) is 1. The average molecular weight is 479 g/mol. The maximum absolute atomic E-state index is 10.7. The maximum atomic E-state index is 10.7. The second-order valence-electron chi connectivity index (χ2n) is 8.20. The van der Waals surface area contributed by atoms with Crippen molar-refractivity contribution in [1.82, 2.24) is 20.5 Å². The first-order chi connectivity index (χ1) is 16.5. The molecule has 8 nitrogen and oxygen atoms in total. The Kier molecular flexibility index (Phi) is 6.44. The Bertz CT molecular complexity index is 1250. The van der Waals surface area contributed by atoms with Crippen LogP contribution < -0.4 is 5.32 Å².